The molecule has 0 atom stereocenters. The molecule has 5 nitrogen and oxygen atoms in total. The number of non-ortho nitro benzene ring substituents is 1. The van der Waals surface area contributed by atoms with Crippen molar-refractivity contribution in [2.24, 2.45) is 0 Å². The number of hydrogen-bond acceptors (Lipinski definition) is 4. The Bertz CT molecular complexity index is 688. The van der Waals surface area contributed by atoms with E-state index in [4.69, 9.17) is 5.26 Å². The predicted octanol–water partition coefficient (Wildman–Crippen LogP) is 3.06. The fraction of sp³-hybridized carbons (Fsp3) is 0.188. The van der Waals surface area contributed by atoms with Crippen molar-refractivity contribution >= 4 is 5.69 Å². The number of nitro benzene ring substituents is 1. The van der Waals surface area contributed by atoms with Crippen molar-refractivity contribution in [1.82, 2.24) is 5.32 Å². The quantitative estimate of drug-likeness (QED) is 0.674. The molecule has 2 aromatic carbocycles. The van der Waals surface area contributed by atoms with Gasteiger partial charge in [0.2, 0.25) is 0 Å². The zero-order valence-corrected chi connectivity index (χ0v) is 11.7. The van der Waals surface area contributed by atoms with Crippen molar-refractivity contribution in [2.45, 2.75) is 20.0 Å². The van der Waals surface area contributed by atoms with E-state index in [1.54, 1.807) is 18.2 Å². The molecular weight excluding hydrogens is 266 g/mol. The SMILES string of the molecule is Cc1cc(C#N)ccc1CNCc1ccc([N+](=O)[O-])cc1. The molecule has 2 aromatic rings. The molecule has 0 saturated carbocycles. The van der Waals surface area contributed by atoms with E-state index in [9.17, 15) is 10.1 Å². The van der Waals surface area contributed by atoms with Gasteiger partial charge in [0.05, 0.1) is 16.6 Å². The van der Waals surface area contributed by atoms with Gasteiger partial charge in [-0.15, -0.1) is 0 Å². The van der Waals surface area contributed by atoms with Crippen LogP contribution in [-0.4, -0.2) is 4.92 Å². The molecule has 0 unspecified atom stereocenters. The standard InChI is InChI=1S/C16H15N3O2/c1-12-8-14(9-17)2-5-15(12)11-18-10-13-3-6-16(7-4-13)19(20)21/h2-8,18H,10-11H2,1H3. The van der Waals surface area contributed by atoms with E-state index in [-0.39, 0.29) is 5.69 Å². The van der Waals surface area contributed by atoms with Gasteiger partial charge >= 0.3 is 0 Å². The van der Waals surface area contributed by atoms with Gasteiger partial charge in [-0.25, -0.2) is 0 Å². The molecule has 0 saturated heterocycles. The number of nitrogens with zero attached hydrogens (tertiary/aromatic N) is 2. The van der Waals surface area contributed by atoms with Gasteiger partial charge in [0.15, 0.2) is 0 Å². The molecule has 5 heteroatoms. The monoisotopic (exact) mass is 281 g/mol. The second-order valence-corrected chi connectivity index (χ2v) is 4.78. The zero-order chi connectivity index (χ0) is 15.2. The van der Waals surface area contributed by atoms with Crippen LogP contribution in [0.25, 0.3) is 0 Å². The van der Waals surface area contributed by atoms with Crippen molar-refractivity contribution in [1.29, 1.82) is 5.26 Å². The highest BCUT2D eigenvalue weighted by atomic mass is 16.6. The van der Waals surface area contributed by atoms with Crippen LogP contribution in [0.4, 0.5) is 5.69 Å². The molecular formula is C16H15N3O2. The molecule has 0 spiro atoms. The molecule has 21 heavy (non-hydrogen) atoms. The van der Waals surface area contributed by atoms with E-state index >= 15 is 0 Å². The average Bonchev–Trinajstić information content (AvgIpc) is 2.49. The van der Waals surface area contributed by atoms with Gasteiger partial charge in [-0.1, -0.05) is 18.2 Å². The number of nitrogens with one attached hydrogen (secondary N) is 1. The van der Waals surface area contributed by atoms with Crippen LogP contribution in [0.2, 0.25) is 0 Å². The maximum atomic E-state index is 10.6. The smallest absolute Gasteiger partial charge is 0.269 e. The molecule has 0 fully saturated rings. The van der Waals surface area contributed by atoms with Crippen LogP contribution in [0.3, 0.4) is 0 Å². The summed E-state index contributed by atoms with van der Waals surface area (Å²) in [5, 5.41) is 22.7. The molecule has 0 aliphatic carbocycles. The third-order valence-corrected chi connectivity index (χ3v) is 3.26. The Morgan fingerprint density at radius 3 is 2.48 bits per heavy atom. The molecule has 0 heterocycles. The molecule has 0 aliphatic rings. The summed E-state index contributed by atoms with van der Waals surface area (Å²) in [6.07, 6.45) is 0. The summed E-state index contributed by atoms with van der Waals surface area (Å²) in [5.74, 6) is 0. The number of nitriles is 1. The maximum absolute atomic E-state index is 10.6. The first-order valence-corrected chi connectivity index (χ1v) is 6.54. The van der Waals surface area contributed by atoms with E-state index < -0.39 is 4.92 Å². The molecule has 2 rings (SSSR count). The summed E-state index contributed by atoms with van der Waals surface area (Å²) in [6, 6.07) is 14.2. The van der Waals surface area contributed by atoms with Crippen molar-refractivity contribution in [3.05, 3.63) is 74.8 Å². The summed E-state index contributed by atoms with van der Waals surface area (Å²) < 4.78 is 0. The van der Waals surface area contributed by atoms with Crippen molar-refractivity contribution in [3.63, 3.8) is 0 Å². The van der Waals surface area contributed by atoms with Gasteiger partial charge in [-0.05, 0) is 35.7 Å². The van der Waals surface area contributed by atoms with Crippen LogP contribution in [-0.2, 0) is 13.1 Å². The molecule has 0 aromatic heterocycles. The minimum absolute atomic E-state index is 0.0988. The highest BCUT2D eigenvalue weighted by Gasteiger charge is 2.04. The molecule has 0 bridgehead atoms. The molecule has 0 aliphatic heterocycles. The van der Waals surface area contributed by atoms with Crippen LogP contribution in [0.5, 0.6) is 0 Å². The molecule has 1 N–H and O–H groups in total. The Labute approximate surface area is 123 Å². The van der Waals surface area contributed by atoms with Crippen LogP contribution in [0.1, 0.15) is 22.3 Å². The Hall–Kier alpha value is -2.71. The normalized spacial score (nSPS) is 10.1. The van der Waals surface area contributed by atoms with E-state index in [1.807, 2.05) is 19.1 Å². The van der Waals surface area contributed by atoms with Gasteiger partial charge in [0.1, 0.15) is 0 Å². The lowest BCUT2D eigenvalue weighted by Gasteiger charge is -2.08. The van der Waals surface area contributed by atoms with E-state index in [0.717, 1.165) is 16.7 Å². The Morgan fingerprint density at radius 2 is 1.90 bits per heavy atom. The lowest BCUT2D eigenvalue weighted by Crippen LogP contribution is -2.13. The van der Waals surface area contributed by atoms with Crippen LogP contribution >= 0.6 is 0 Å². The van der Waals surface area contributed by atoms with Gasteiger partial charge < -0.3 is 5.32 Å². The summed E-state index contributed by atoms with van der Waals surface area (Å²) in [4.78, 5) is 10.2. The van der Waals surface area contributed by atoms with Gasteiger partial charge in [0.25, 0.3) is 5.69 Å². The summed E-state index contributed by atoms with van der Waals surface area (Å²) >= 11 is 0. The van der Waals surface area contributed by atoms with E-state index in [1.165, 1.54) is 12.1 Å². The first-order valence-electron chi connectivity index (χ1n) is 6.54. The third kappa shape index (κ3) is 3.88. The number of hydrogen-bond donors (Lipinski definition) is 1. The number of rotatable bonds is 5. The van der Waals surface area contributed by atoms with Gasteiger partial charge in [0, 0.05) is 25.2 Å². The van der Waals surface area contributed by atoms with Crippen molar-refractivity contribution < 1.29 is 4.92 Å². The lowest BCUT2D eigenvalue weighted by molar-refractivity contribution is -0.384. The number of aryl methyl sites for hydroxylation is 1. The lowest BCUT2D eigenvalue weighted by atomic mass is 10.1. The van der Waals surface area contributed by atoms with E-state index in [2.05, 4.69) is 11.4 Å². The second-order valence-electron chi connectivity index (χ2n) is 4.78. The van der Waals surface area contributed by atoms with Crippen LogP contribution in [0, 0.1) is 28.4 Å². The molecule has 0 amide bonds. The summed E-state index contributed by atoms with van der Waals surface area (Å²) in [5.41, 5.74) is 3.96. The average molecular weight is 281 g/mol. The summed E-state index contributed by atoms with van der Waals surface area (Å²) in [6.45, 7) is 3.30. The van der Waals surface area contributed by atoms with Gasteiger partial charge in [-0.2, -0.15) is 5.26 Å². The topological polar surface area (TPSA) is 79.0 Å². The summed E-state index contributed by atoms with van der Waals surface area (Å²) in [7, 11) is 0. The largest absolute Gasteiger partial charge is 0.309 e. The van der Waals surface area contributed by atoms with Crippen LogP contribution in [0.15, 0.2) is 42.5 Å². The van der Waals surface area contributed by atoms with Crippen molar-refractivity contribution in [2.75, 3.05) is 0 Å². The molecule has 0 radical (unpaired) electrons. The minimum Gasteiger partial charge on any atom is -0.309 e. The first-order chi connectivity index (χ1) is 10.1. The highest BCUT2D eigenvalue weighted by Crippen LogP contribution is 2.13. The maximum Gasteiger partial charge on any atom is 0.269 e. The highest BCUT2D eigenvalue weighted by molar-refractivity contribution is 5.37. The fourth-order valence-electron chi connectivity index (χ4n) is 2.04. The fourth-order valence-corrected chi connectivity index (χ4v) is 2.04. The predicted molar refractivity (Wildman–Crippen MR) is 79.5 cm³/mol. The van der Waals surface area contributed by atoms with Crippen LogP contribution < -0.4 is 5.32 Å². The van der Waals surface area contributed by atoms with E-state index in [0.29, 0.717) is 18.7 Å². The third-order valence-electron chi connectivity index (χ3n) is 3.26. The Kier molecular flexibility index (Phi) is 4.64. The Balaban J connectivity index is 1.92. The van der Waals surface area contributed by atoms with Crippen molar-refractivity contribution in [3.8, 4) is 6.07 Å². The number of benzene rings is 2. The first kappa shape index (κ1) is 14.7. The van der Waals surface area contributed by atoms with Gasteiger partial charge in [-0.3, -0.25) is 10.1 Å². The zero-order valence-electron chi connectivity index (χ0n) is 11.7. The Morgan fingerprint density at radius 1 is 1.19 bits per heavy atom. The second kappa shape index (κ2) is 6.64. The number of nitro groups is 1. The molecule has 106 valence electrons. The minimum atomic E-state index is -0.405.